The molecule has 1 aromatic rings. The number of esters is 1. The van der Waals surface area contributed by atoms with Gasteiger partial charge in [0.25, 0.3) is 0 Å². The highest BCUT2D eigenvalue weighted by Gasteiger charge is 2.55. The van der Waals surface area contributed by atoms with Gasteiger partial charge in [0.1, 0.15) is 5.75 Å². The van der Waals surface area contributed by atoms with Crippen LogP contribution in [0.15, 0.2) is 24.3 Å². The standard InChI is InChI=1S/C27H42Cl2N3O4P/c1-21-10-12-23(13-11-21)36-37(34,31(18-14-28)19-15-29)32-20-22-6-4-16-30-17-5-7-24(27(22)30)25(32)8-3-9-26(33)35-2/h10-13,22,24-25,27H,3-9,14-20H2,1-2H3/t22-,24-,25?,27+,37?/m1/s1. The number of carbonyl (C=O) groups excluding carboxylic acids is 1. The van der Waals surface area contributed by atoms with Crippen LogP contribution >= 0.6 is 30.9 Å². The Morgan fingerprint density at radius 3 is 2.43 bits per heavy atom. The third-order valence-electron chi connectivity index (χ3n) is 8.37. The van der Waals surface area contributed by atoms with Gasteiger partial charge in [0, 0.05) is 49.9 Å². The Hall–Kier alpha value is -0.820. The van der Waals surface area contributed by atoms with E-state index in [0.29, 0.717) is 67.9 Å². The van der Waals surface area contributed by atoms with Crippen molar-refractivity contribution in [1.82, 2.24) is 14.2 Å². The van der Waals surface area contributed by atoms with E-state index >= 15 is 4.57 Å². The Morgan fingerprint density at radius 2 is 1.78 bits per heavy atom. The van der Waals surface area contributed by atoms with Crippen LogP contribution < -0.4 is 4.52 Å². The highest BCUT2D eigenvalue weighted by molar-refractivity contribution is 7.54. The number of nitrogens with zero attached hydrogens (tertiary/aromatic N) is 3. The third kappa shape index (κ3) is 6.67. The van der Waals surface area contributed by atoms with Crippen LogP contribution in [0.4, 0.5) is 0 Å². The number of aryl methyl sites for hydroxylation is 1. The molecular formula is C27H42Cl2N3O4P. The zero-order chi connectivity index (χ0) is 26.4. The quantitative estimate of drug-likeness (QED) is 0.178. The molecule has 37 heavy (non-hydrogen) atoms. The summed E-state index contributed by atoms with van der Waals surface area (Å²) in [5.74, 6) is 1.89. The highest BCUT2D eigenvalue weighted by atomic mass is 35.5. The van der Waals surface area contributed by atoms with Crippen molar-refractivity contribution in [1.29, 1.82) is 0 Å². The predicted octanol–water partition coefficient (Wildman–Crippen LogP) is 5.78. The van der Waals surface area contributed by atoms with Crippen LogP contribution in [0.25, 0.3) is 0 Å². The van der Waals surface area contributed by atoms with E-state index in [1.165, 1.54) is 13.5 Å². The average molecular weight is 575 g/mol. The molecule has 2 unspecified atom stereocenters. The lowest BCUT2D eigenvalue weighted by Gasteiger charge is -2.58. The number of benzene rings is 1. The first-order valence-corrected chi connectivity index (χ1v) is 16.3. The molecule has 7 nitrogen and oxygen atoms in total. The van der Waals surface area contributed by atoms with Crippen molar-refractivity contribution in [3.63, 3.8) is 0 Å². The SMILES string of the molecule is COC(=O)CCCC1[C@H]2CCCN3CCC[C@H](CN1P(=O)(Oc1ccc(C)cc1)N(CCCl)CCCl)[C@@H]23. The van der Waals surface area contributed by atoms with Gasteiger partial charge in [-0.1, -0.05) is 17.7 Å². The molecule has 0 aromatic heterocycles. The van der Waals surface area contributed by atoms with Gasteiger partial charge in [-0.25, -0.2) is 13.9 Å². The van der Waals surface area contributed by atoms with E-state index in [1.807, 2.05) is 35.9 Å². The fourth-order valence-corrected chi connectivity index (χ4v) is 10.1. The van der Waals surface area contributed by atoms with E-state index in [-0.39, 0.29) is 12.0 Å². The van der Waals surface area contributed by atoms with Gasteiger partial charge < -0.3 is 9.26 Å². The number of methoxy groups -OCH3 is 1. The number of halogens is 2. The molecule has 0 aliphatic carbocycles. The van der Waals surface area contributed by atoms with Crippen LogP contribution in [-0.4, -0.2) is 83.9 Å². The lowest BCUT2D eigenvalue weighted by Crippen LogP contribution is -2.64. The third-order valence-corrected chi connectivity index (χ3v) is 11.4. The van der Waals surface area contributed by atoms with Gasteiger partial charge >= 0.3 is 13.6 Å². The summed E-state index contributed by atoms with van der Waals surface area (Å²) in [5.41, 5.74) is 1.12. The molecule has 3 aliphatic heterocycles. The maximum absolute atomic E-state index is 15.3. The summed E-state index contributed by atoms with van der Waals surface area (Å²) in [4.78, 5) is 14.6. The van der Waals surface area contributed by atoms with Gasteiger partial charge in [-0.15, -0.1) is 23.2 Å². The van der Waals surface area contributed by atoms with E-state index in [4.69, 9.17) is 32.5 Å². The second-order valence-electron chi connectivity index (χ2n) is 10.6. The van der Waals surface area contributed by atoms with Crippen LogP contribution in [0.3, 0.4) is 0 Å². The fraction of sp³-hybridized carbons (Fsp3) is 0.741. The number of rotatable bonds is 12. The van der Waals surface area contributed by atoms with Gasteiger partial charge in [-0.2, -0.15) is 0 Å². The minimum absolute atomic E-state index is 0.0382. The van der Waals surface area contributed by atoms with Crippen LogP contribution in [0, 0.1) is 18.8 Å². The molecule has 0 spiro atoms. The number of hydrogen-bond donors (Lipinski definition) is 0. The number of ether oxygens (including phenoxy) is 1. The van der Waals surface area contributed by atoms with Crippen LogP contribution in [0.2, 0.25) is 0 Å². The molecule has 10 heteroatoms. The molecule has 5 atom stereocenters. The second-order valence-corrected chi connectivity index (χ2v) is 13.6. The predicted molar refractivity (Wildman–Crippen MR) is 150 cm³/mol. The molecule has 0 bridgehead atoms. The Morgan fingerprint density at radius 1 is 1.11 bits per heavy atom. The first-order chi connectivity index (χ1) is 17.9. The monoisotopic (exact) mass is 573 g/mol. The van der Waals surface area contributed by atoms with E-state index in [0.717, 1.165) is 44.3 Å². The average Bonchev–Trinajstić information content (AvgIpc) is 2.91. The van der Waals surface area contributed by atoms with Crippen LogP contribution in [0.5, 0.6) is 5.75 Å². The minimum atomic E-state index is -3.55. The fourth-order valence-electron chi connectivity index (χ4n) is 6.75. The smallest absolute Gasteiger partial charge is 0.396 e. The van der Waals surface area contributed by atoms with E-state index in [1.54, 1.807) is 0 Å². The first-order valence-electron chi connectivity index (χ1n) is 13.7. The maximum atomic E-state index is 15.3. The molecule has 0 radical (unpaired) electrons. The Balaban J connectivity index is 1.72. The zero-order valence-electron chi connectivity index (χ0n) is 22.2. The Bertz CT molecular complexity index is 929. The zero-order valence-corrected chi connectivity index (χ0v) is 24.6. The molecule has 0 N–H and O–H groups in total. The molecule has 3 heterocycles. The molecule has 4 rings (SSSR count). The number of hydrogen-bond acceptors (Lipinski definition) is 5. The molecule has 3 aliphatic rings. The second kappa shape index (κ2) is 13.5. The Kier molecular flexibility index (Phi) is 10.6. The number of alkyl halides is 2. The maximum Gasteiger partial charge on any atom is 0.396 e. The van der Waals surface area contributed by atoms with Crippen LogP contribution in [0.1, 0.15) is 50.5 Å². The molecule has 1 aromatic carbocycles. The summed E-state index contributed by atoms with van der Waals surface area (Å²) in [5, 5.41) is 0. The van der Waals surface area contributed by atoms with Crippen molar-refractivity contribution in [2.24, 2.45) is 11.8 Å². The van der Waals surface area contributed by atoms with Gasteiger partial charge in [0.2, 0.25) is 0 Å². The van der Waals surface area contributed by atoms with Gasteiger partial charge in [0.15, 0.2) is 0 Å². The lowest BCUT2D eigenvalue weighted by molar-refractivity contribution is -0.140. The summed E-state index contributed by atoms with van der Waals surface area (Å²) in [6, 6.07) is 8.29. The molecule has 3 saturated heterocycles. The van der Waals surface area contributed by atoms with Crippen molar-refractivity contribution in [3.8, 4) is 5.75 Å². The Labute approximate surface area is 232 Å². The molecule has 208 valence electrons. The van der Waals surface area contributed by atoms with E-state index < -0.39 is 7.67 Å². The van der Waals surface area contributed by atoms with Crippen molar-refractivity contribution in [2.45, 2.75) is 64.0 Å². The van der Waals surface area contributed by atoms with Crippen LogP contribution in [-0.2, 0) is 14.1 Å². The van der Waals surface area contributed by atoms with Gasteiger partial charge in [-0.05, 0) is 82.5 Å². The van der Waals surface area contributed by atoms with Gasteiger partial charge in [-0.3, -0.25) is 9.69 Å². The summed E-state index contributed by atoms with van der Waals surface area (Å²) in [6.45, 7) is 5.88. The molecule has 0 saturated carbocycles. The lowest BCUT2D eigenvalue weighted by atomic mass is 9.70. The van der Waals surface area contributed by atoms with E-state index in [9.17, 15) is 4.79 Å². The number of piperidine rings is 3. The summed E-state index contributed by atoms with van der Waals surface area (Å²) < 4.78 is 30.8. The van der Waals surface area contributed by atoms with Crippen molar-refractivity contribution >= 4 is 36.8 Å². The van der Waals surface area contributed by atoms with Gasteiger partial charge in [0.05, 0.1) is 7.11 Å². The molecule has 0 amide bonds. The van der Waals surface area contributed by atoms with Crippen molar-refractivity contribution < 1.29 is 18.6 Å². The topological polar surface area (TPSA) is 62.3 Å². The first kappa shape index (κ1) is 29.2. The summed E-state index contributed by atoms with van der Waals surface area (Å²) >= 11 is 12.5. The molecule has 3 fully saturated rings. The van der Waals surface area contributed by atoms with E-state index in [2.05, 4.69) is 9.57 Å². The molecular weight excluding hydrogens is 532 g/mol. The van der Waals surface area contributed by atoms with Crippen molar-refractivity contribution in [3.05, 3.63) is 29.8 Å². The number of carbonyl (C=O) groups is 1. The summed E-state index contributed by atoms with van der Waals surface area (Å²) in [6.07, 6.45) is 6.38. The van der Waals surface area contributed by atoms with Crippen molar-refractivity contribution in [2.75, 3.05) is 51.6 Å². The highest BCUT2D eigenvalue weighted by Crippen LogP contribution is 2.60. The largest absolute Gasteiger partial charge is 0.469 e. The summed E-state index contributed by atoms with van der Waals surface area (Å²) in [7, 11) is -2.12. The minimum Gasteiger partial charge on any atom is -0.469 e. The normalized spacial score (nSPS) is 27.9.